The first kappa shape index (κ1) is 29.9. The van der Waals surface area contributed by atoms with Gasteiger partial charge in [0.1, 0.15) is 0 Å². The molecule has 0 aliphatic carbocycles. The summed E-state index contributed by atoms with van der Waals surface area (Å²) in [5.74, 6) is 0. The molecule has 0 N–H and O–H groups in total. The summed E-state index contributed by atoms with van der Waals surface area (Å²) in [6.07, 6.45) is 2.05. The van der Waals surface area contributed by atoms with Crippen LogP contribution in [0.4, 0.5) is 0 Å². The Kier molecular flexibility index (Phi) is 10.5. The van der Waals surface area contributed by atoms with Crippen molar-refractivity contribution < 1.29 is 0 Å². The van der Waals surface area contributed by atoms with Crippen LogP contribution >= 0.6 is 15.8 Å². The molecule has 216 valence electrons. The first-order chi connectivity index (χ1) is 21.9. The molecule has 0 aliphatic rings. The van der Waals surface area contributed by atoms with Crippen molar-refractivity contribution in [2.45, 2.75) is 6.54 Å². The molecule has 6 aromatic rings. The molecule has 0 unspecified atom stereocenters. The summed E-state index contributed by atoms with van der Waals surface area (Å²) in [6, 6.07) is 60.9. The third kappa shape index (κ3) is 7.47. The highest BCUT2D eigenvalue weighted by molar-refractivity contribution is 7.80. The Morgan fingerprint density at radius 3 is 1.39 bits per heavy atom. The average Bonchev–Trinajstić information content (AvgIpc) is 3.10. The monoisotopic (exact) mass is 605 g/mol. The molecule has 2 nitrogen and oxygen atoms in total. The van der Waals surface area contributed by atoms with Gasteiger partial charge in [-0.05, 0) is 47.7 Å². The smallest absolute Gasteiger partial charge is 0.0290 e. The van der Waals surface area contributed by atoms with Gasteiger partial charge >= 0.3 is 0 Å². The van der Waals surface area contributed by atoms with E-state index in [1.807, 2.05) is 6.21 Å². The van der Waals surface area contributed by atoms with Crippen LogP contribution in [0.15, 0.2) is 175 Å². The predicted octanol–water partition coefficient (Wildman–Crippen LogP) is 7.20. The van der Waals surface area contributed by atoms with Gasteiger partial charge < -0.3 is 5.32 Å². The molecule has 0 saturated heterocycles. The highest BCUT2D eigenvalue weighted by Gasteiger charge is 2.19. The lowest BCUT2D eigenvalue weighted by atomic mass is 10.2. The summed E-state index contributed by atoms with van der Waals surface area (Å²) < 4.78 is 0. The van der Waals surface area contributed by atoms with Crippen LogP contribution in [0.25, 0.3) is 5.32 Å². The summed E-state index contributed by atoms with van der Waals surface area (Å²) >= 11 is 0. The SMILES string of the molecule is C(=NCC[N-]Cc1ccccc1P(c1ccccc1)c1ccccc1)c1ccccc1P(c1ccccc1)c1ccccc1. The molecule has 0 aliphatic heterocycles. The fraction of sp³-hybridized carbons (Fsp3) is 0.0750. The molecule has 6 rings (SSSR count). The second-order valence-electron chi connectivity index (χ2n) is 10.3. The van der Waals surface area contributed by atoms with E-state index in [0.717, 1.165) is 0 Å². The lowest BCUT2D eigenvalue weighted by Crippen LogP contribution is -2.23. The Morgan fingerprint density at radius 2 is 0.864 bits per heavy atom. The van der Waals surface area contributed by atoms with Gasteiger partial charge in [-0.2, -0.15) is 0 Å². The van der Waals surface area contributed by atoms with E-state index < -0.39 is 15.8 Å². The van der Waals surface area contributed by atoms with Gasteiger partial charge in [-0.1, -0.05) is 175 Å². The van der Waals surface area contributed by atoms with E-state index in [-0.39, 0.29) is 0 Å². The van der Waals surface area contributed by atoms with Gasteiger partial charge in [0.15, 0.2) is 0 Å². The number of hydrogen-bond donors (Lipinski definition) is 0. The molecular weight excluding hydrogens is 570 g/mol. The number of hydrogen-bond acceptors (Lipinski definition) is 1. The van der Waals surface area contributed by atoms with Gasteiger partial charge in [0.05, 0.1) is 0 Å². The maximum atomic E-state index is 4.96. The second-order valence-corrected chi connectivity index (χ2v) is 14.7. The van der Waals surface area contributed by atoms with Gasteiger partial charge in [-0.3, -0.25) is 4.99 Å². The van der Waals surface area contributed by atoms with E-state index in [0.29, 0.717) is 19.6 Å². The van der Waals surface area contributed by atoms with Crippen LogP contribution in [0.5, 0.6) is 0 Å². The largest absolute Gasteiger partial charge is 0.657 e. The Hall–Kier alpha value is -4.19. The van der Waals surface area contributed by atoms with Gasteiger partial charge in [0.2, 0.25) is 0 Å². The Labute approximate surface area is 264 Å². The van der Waals surface area contributed by atoms with E-state index in [1.165, 1.54) is 43.0 Å². The molecule has 0 aromatic heterocycles. The topological polar surface area (TPSA) is 26.5 Å². The summed E-state index contributed by atoms with van der Waals surface area (Å²) in [5.41, 5.74) is 2.46. The highest BCUT2D eigenvalue weighted by Crippen LogP contribution is 2.35. The van der Waals surface area contributed by atoms with Crippen LogP contribution in [0.1, 0.15) is 11.1 Å². The third-order valence-corrected chi connectivity index (χ3v) is 12.4. The van der Waals surface area contributed by atoms with Gasteiger partial charge in [-0.25, -0.2) is 0 Å². The van der Waals surface area contributed by atoms with Crippen LogP contribution < -0.4 is 31.8 Å². The fourth-order valence-corrected chi connectivity index (χ4v) is 10.2. The quantitative estimate of drug-likeness (QED) is 0.0802. The fourth-order valence-electron chi connectivity index (χ4n) is 5.32. The average molecular weight is 606 g/mol. The molecule has 0 atom stereocenters. The maximum Gasteiger partial charge on any atom is 0.0290 e. The Morgan fingerprint density at radius 1 is 0.455 bits per heavy atom. The Bertz CT molecular complexity index is 1680. The lowest BCUT2D eigenvalue weighted by Gasteiger charge is -2.26. The van der Waals surface area contributed by atoms with Crippen LogP contribution in [-0.4, -0.2) is 19.3 Å². The van der Waals surface area contributed by atoms with E-state index in [4.69, 9.17) is 10.3 Å². The van der Waals surface area contributed by atoms with Crippen molar-refractivity contribution in [3.05, 3.63) is 186 Å². The molecule has 6 aromatic carbocycles. The summed E-state index contributed by atoms with van der Waals surface area (Å²) in [7, 11) is -1.35. The molecule has 0 spiro atoms. The van der Waals surface area contributed by atoms with Crippen molar-refractivity contribution in [3.63, 3.8) is 0 Å². The zero-order valence-electron chi connectivity index (χ0n) is 24.7. The normalized spacial score (nSPS) is 11.4. The van der Waals surface area contributed by atoms with Crippen molar-refractivity contribution in [2.75, 3.05) is 13.1 Å². The maximum absolute atomic E-state index is 4.96. The highest BCUT2D eigenvalue weighted by atomic mass is 31.1. The minimum absolute atomic E-state index is 0.661. The van der Waals surface area contributed by atoms with E-state index >= 15 is 0 Å². The van der Waals surface area contributed by atoms with Crippen molar-refractivity contribution in [3.8, 4) is 0 Å². The van der Waals surface area contributed by atoms with Crippen LogP contribution in [-0.2, 0) is 6.54 Å². The standard InChI is InChI=1S/C40H35N2P2/c1-5-19-35(20-6-1)43(36-21-7-2-8-22-36)39-27-15-13-17-33(39)31-41-29-30-42-32-34-18-14-16-28-40(34)44(37-23-9-3-10-24-37)38-25-11-4-12-26-38/h1-28,31H,29-30,32H2/q-1. The molecule has 0 heterocycles. The summed E-state index contributed by atoms with van der Waals surface area (Å²) in [4.78, 5) is 4.85. The lowest BCUT2D eigenvalue weighted by molar-refractivity contribution is 0.993. The Balaban J connectivity index is 1.15. The first-order valence-corrected chi connectivity index (χ1v) is 17.7. The minimum Gasteiger partial charge on any atom is -0.657 e. The molecule has 4 heteroatoms. The zero-order chi connectivity index (χ0) is 29.8. The van der Waals surface area contributed by atoms with Crippen molar-refractivity contribution in [1.29, 1.82) is 0 Å². The van der Waals surface area contributed by atoms with Gasteiger partial charge in [-0.15, -0.1) is 13.1 Å². The van der Waals surface area contributed by atoms with E-state index in [2.05, 4.69) is 170 Å². The number of aliphatic imine (C=N–C) groups is 1. The van der Waals surface area contributed by atoms with Crippen molar-refractivity contribution in [1.82, 2.24) is 0 Å². The van der Waals surface area contributed by atoms with Crippen LogP contribution in [0.2, 0.25) is 0 Å². The molecule has 44 heavy (non-hydrogen) atoms. The third-order valence-electron chi connectivity index (χ3n) is 7.37. The van der Waals surface area contributed by atoms with Gasteiger partial charge in [0.25, 0.3) is 0 Å². The molecule has 0 bridgehead atoms. The molecule has 0 amide bonds. The second kappa shape index (κ2) is 15.5. The van der Waals surface area contributed by atoms with Gasteiger partial charge in [0, 0.05) is 18.3 Å². The van der Waals surface area contributed by atoms with Crippen molar-refractivity contribution >= 4 is 53.9 Å². The number of nitrogens with zero attached hydrogens (tertiary/aromatic N) is 2. The number of rotatable bonds is 12. The molecule has 0 saturated carbocycles. The van der Waals surface area contributed by atoms with Crippen LogP contribution in [0, 0.1) is 0 Å². The van der Waals surface area contributed by atoms with Crippen LogP contribution in [0.3, 0.4) is 0 Å². The summed E-state index contributed by atoms with van der Waals surface area (Å²) in [6.45, 7) is 2.04. The zero-order valence-corrected chi connectivity index (χ0v) is 26.4. The van der Waals surface area contributed by atoms with Crippen molar-refractivity contribution in [2.24, 2.45) is 4.99 Å². The summed E-state index contributed by atoms with van der Waals surface area (Å²) in [5, 5.41) is 13.0. The predicted molar refractivity (Wildman–Crippen MR) is 195 cm³/mol. The van der Waals surface area contributed by atoms with E-state index in [9.17, 15) is 0 Å². The number of benzene rings is 6. The van der Waals surface area contributed by atoms with E-state index in [1.54, 1.807) is 0 Å². The molecular formula is C40H35N2P2-. The molecule has 0 fully saturated rings. The minimum atomic E-state index is -0.686. The first-order valence-electron chi connectivity index (χ1n) is 15.0. The molecule has 0 radical (unpaired) electrons.